The van der Waals surface area contributed by atoms with Crippen molar-refractivity contribution in [2.24, 2.45) is 0 Å². The number of benzene rings is 2. The van der Waals surface area contributed by atoms with Gasteiger partial charge in [0.2, 0.25) is 5.91 Å². The molecule has 0 aromatic heterocycles. The Morgan fingerprint density at radius 1 is 1.12 bits per heavy atom. The second kappa shape index (κ2) is 9.19. The third-order valence-electron chi connectivity index (χ3n) is 3.86. The van der Waals surface area contributed by atoms with E-state index in [1.807, 2.05) is 13.8 Å². The molecule has 0 saturated heterocycles. The van der Waals surface area contributed by atoms with Crippen LogP contribution in [0.1, 0.15) is 26.7 Å². The molecule has 2 aromatic rings. The van der Waals surface area contributed by atoms with Crippen LogP contribution >= 0.6 is 15.9 Å². The SMILES string of the molecule is CCC[C@@H](C)NC(=O)CN(c1ccc(Br)cc1)S(=O)(=O)c1ccccc1. The zero-order valence-corrected chi connectivity index (χ0v) is 17.3. The number of nitrogens with one attached hydrogen (secondary N) is 1. The third kappa shape index (κ3) is 5.32. The predicted octanol–water partition coefficient (Wildman–Crippen LogP) is 3.95. The van der Waals surface area contributed by atoms with E-state index in [9.17, 15) is 13.2 Å². The number of hydrogen-bond donors (Lipinski definition) is 1. The third-order valence-corrected chi connectivity index (χ3v) is 6.18. The number of nitrogens with zero attached hydrogens (tertiary/aromatic N) is 1. The maximum atomic E-state index is 13.1. The Morgan fingerprint density at radius 3 is 2.31 bits per heavy atom. The number of rotatable bonds is 8. The Balaban J connectivity index is 2.34. The van der Waals surface area contributed by atoms with Gasteiger partial charge in [0.15, 0.2) is 0 Å². The lowest BCUT2D eigenvalue weighted by molar-refractivity contribution is -0.120. The van der Waals surface area contributed by atoms with Gasteiger partial charge in [-0.3, -0.25) is 9.10 Å². The van der Waals surface area contributed by atoms with Gasteiger partial charge in [0.1, 0.15) is 6.54 Å². The summed E-state index contributed by atoms with van der Waals surface area (Å²) in [6.07, 6.45) is 1.79. The molecule has 5 nitrogen and oxygen atoms in total. The van der Waals surface area contributed by atoms with E-state index >= 15 is 0 Å². The molecular weight excluding hydrogens is 416 g/mol. The summed E-state index contributed by atoms with van der Waals surface area (Å²) in [6, 6.07) is 15.0. The molecule has 2 rings (SSSR count). The molecular formula is C19H23BrN2O3S. The monoisotopic (exact) mass is 438 g/mol. The summed E-state index contributed by atoms with van der Waals surface area (Å²) in [4.78, 5) is 12.6. The average molecular weight is 439 g/mol. The van der Waals surface area contributed by atoms with Crippen LogP contribution < -0.4 is 9.62 Å². The van der Waals surface area contributed by atoms with Gasteiger partial charge in [-0.1, -0.05) is 47.5 Å². The molecule has 0 aliphatic heterocycles. The number of hydrogen-bond acceptors (Lipinski definition) is 3. The van der Waals surface area contributed by atoms with E-state index in [0.717, 1.165) is 21.6 Å². The molecule has 7 heteroatoms. The van der Waals surface area contributed by atoms with Crippen molar-refractivity contribution in [1.82, 2.24) is 5.32 Å². The Kier molecular flexibility index (Phi) is 7.23. The number of halogens is 1. The summed E-state index contributed by atoms with van der Waals surface area (Å²) in [5, 5.41) is 2.86. The minimum absolute atomic E-state index is 0.00121. The van der Waals surface area contributed by atoms with Gasteiger partial charge < -0.3 is 5.32 Å². The molecule has 2 aromatic carbocycles. The van der Waals surface area contributed by atoms with Gasteiger partial charge in [0, 0.05) is 10.5 Å². The molecule has 0 spiro atoms. The quantitative estimate of drug-likeness (QED) is 0.678. The van der Waals surface area contributed by atoms with E-state index < -0.39 is 10.0 Å². The number of amides is 1. The number of sulfonamides is 1. The van der Waals surface area contributed by atoms with Crippen LogP contribution in [-0.4, -0.2) is 26.9 Å². The van der Waals surface area contributed by atoms with Crippen LogP contribution in [0.5, 0.6) is 0 Å². The summed E-state index contributed by atoms with van der Waals surface area (Å²) in [6.45, 7) is 3.68. The Morgan fingerprint density at radius 2 is 1.73 bits per heavy atom. The van der Waals surface area contributed by atoms with E-state index in [-0.39, 0.29) is 23.4 Å². The lowest BCUT2D eigenvalue weighted by Crippen LogP contribution is -2.43. The van der Waals surface area contributed by atoms with Gasteiger partial charge in [0.25, 0.3) is 10.0 Å². The van der Waals surface area contributed by atoms with Gasteiger partial charge in [-0.05, 0) is 49.7 Å². The van der Waals surface area contributed by atoms with Crippen LogP contribution in [0.4, 0.5) is 5.69 Å². The zero-order chi connectivity index (χ0) is 19.2. The van der Waals surface area contributed by atoms with Gasteiger partial charge in [-0.25, -0.2) is 8.42 Å². The maximum Gasteiger partial charge on any atom is 0.264 e. The van der Waals surface area contributed by atoms with E-state index in [2.05, 4.69) is 21.2 Å². The summed E-state index contributed by atoms with van der Waals surface area (Å²) >= 11 is 3.34. The van der Waals surface area contributed by atoms with Crippen LogP contribution in [0.15, 0.2) is 64.0 Å². The highest BCUT2D eigenvalue weighted by atomic mass is 79.9. The minimum Gasteiger partial charge on any atom is -0.352 e. The first-order valence-corrected chi connectivity index (χ1v) is 10.7. The highest BCUT2D eigenvalue weighted by Gasteiger charge is 2.27. The molecule has 0 heterocycles. The summed E-state index contributed by atoms with van der Waals surface area (Å²) < 4.78 is 28.2. The summed E-state index contributed by atoms with van der Waals surface area (Å²) in [5.41, 5.74) is 0.440. The second-order valence-corrected chi connectivity index (χ2v) is 8.84. The highest BCUT2D eigenvalue weighted by Crippen LogP contribution is 2.25. The minimum atomic E-state index is -3.85. The molecule has 0 aliphatic carbocycles. The fraction of sp³-hybridized carbons (Fsp3) is 0.316. The topological polar surface area (TPSA) is 66.5 Å². The first-order chi connectivity index (χ1) is 12.3. The number of carbonyl (C=O) groups is 1. The molecule has 140 valence electrons. The molecule has 1 atom stereocenters. The van der Waals surface area contributed by atoms with Crippen molar-refractivity contribution < 1.29 is 13.2 Å². The van der Waals surface area contributed by atoms with Crippen molar-refractivity contribution >= 4 is 37.5 Å². The summed E-state index contributed by atoms with van der Waals surface area (Å²) in [5.74, 6) is -0.326. The van der Waals surface area contributed by atoms with Gasteiger partial charge in [-0.15, -0.1) is 0 Å². The lowest BCUT2D eigenvalue weighted by atomic mass is 10.2. The van der Waals surface area contributed by atoms with Crippen molar-refractivity contribution in [3.8, 4) is 0 Å². The van der Waals surface area contributed by atoms with Crippen molar-refractivity contribution in [3.05, 3.63) is 59.1 Å². The van der Waals surface area contributed by atoms with Crippen LogP contribution in [-0.2, 0) is 14.8 Å². The fourth-order valence-electron chi connectivity index (χ4n) is 2.60. The number of anilines is 1. The van der Waals surface area contributed by atoms with Crippen molar-refractivity contribution in [2.45, 2.75) is 37.6 Å². The standard InChI is InChI=1S/C19H23BrN2O3S/c1-3-7-15(2)21-19(23)14-22(17-12-10-16(20)11-13-17)26(24,25)18-8-5-4-6-9-18/h4-6,8-13,15H,3,7,14H2,1-2H3,(H,21,23)/t15-/m1/s1. The molecule has 26 heavy (non-hydrogen) atoms. The molecule has 1 N–H and O–H groups in total. The van der Waals surface area contributed by atoms with Crippen LogP contribution in [0.25, 0.3) is 0 Å². The van der Waals surface area contributed by atoms with Gasteiger partial charge in [-0.2, -0.15) is 0 Å². The highest BCUT2D eigenvalue weighted by molar-refractivity contribution is 9.10. The van der Waals surface area contributed by atoms with Crippen LogP contribution in [0.2, 0.25) is 0 Å². The average Bonchev–Trinajstić information content (AvgIpc) is 2.61. The second-order valence-electron chi connectivity index (χ2n) is 6.06. The largest absolute Gasteiger partial charge is 0.352 e. The summed E-state index contributed by atoms with van der Waals surface area (Å²) in [7, 11) is -3.85. The van der Waals surface area contributed by atoms with Crippen molar-refractivity contribution in [1.29, 1.82) is 0 Å². The lowest BCUT2D eigenvalue weighted by Gasteiger charge is -2.25. The molecule has 0 saturated carbocycles. The van der Waals surface area contributed by atoms with E-state index in [1.165, 1.54) is 12.1 Å². The van der Waals surface area contributed by atoms with Crippen molar-refractivity contribution in [2.75, 3.05) is 10.8 Å². The number of carbonyl (C=O) groups excluding carboxylic acids is 1. The maximum absolute atomic E-state index is 13.1. The smallest absolute Gasteiger partial charge is 0.264 e. The molecule has 0 unspecified atom stereocenters. The fourth-order valence-corrected chi connectivity index (χ4v) is 4.30. The van der Waals surface area contributed by atoms with Crippen molar-refractivity contribution in [3.63, 3.8) is 0 Å². The Labute approximate surface area is 163 Å². The normalized spacial score (nSPS) is 12.4. The van der Waals surface area contributed by atoms with Gasteiger partial charge in [0.05, 0.1) is 10.6 Å². The molecule has 0 radical (unpaired) electrons. The molecule has 0 fully saturated rings. The Hall–Kier alpha value is -1.86. The first-order valence-electron chi connectivity index (χ1n) is 8.47. The first kappa shape index (κ1) is 20.5. The van der Waals surface area contributed by atoms with Crippen LogP contribution in [0, 0.1) is 0 Å². The van der Waals surface area contributed by atoms with E-state index in [0.29, 0.717) is 5.69 Å². The van der Waals surface area contributed by atoms with Gasteiger partial charge >= 0.3 is 0 Å². The van der Waals surface area contributed by atoms with E-state index in [4.69, 9.17) is 0 Å². The molecule has 0 bridgehead atoms. The zero-order valence-electron chi connectivity index (χ0n) is 14.9. The Bertz CT molecular complexity index is 824. The predicted molar refractivity (Wildman–Crippen MR) is 108 cm³/mol. The molecule has 1 amide bonds. The van der Waals surface area contributed by atoms with Crippen LogP contribution in [0.3, 0.4) is 0 Å². The molecule has 0 aliphatic rings. The van der Waals surface area contributed by atoms with E-state index in [1.54, 1.807) is 42.5 Å².